The van der Waals surface area contributed by atoms with Crippen molar-refractivity contribution < 1.29 is 4.39 Å². The Bertz CT molecular complexity index is 1070. The molecule has 0 saturated carbocycles. The van der Waals surface area contributed by atoms with Gasteiger partial charge in [-0.1, -0.05) is 6.07 Å². The van der Waals surface area contributed by atoms with Crippen molar-refractivity contribution >= 4 is 33.3 Å². The van der Waals surface area contributed by atoms with Crippen molar-refractivity contribution in [3.8, 4) is 10.6 Å². The smallest absolute Gasteiger partial charge is 0.197 e. The highest BCUT2D eigenvalue weighted by atomic mass is 32.1. The largest absolute Gasteiger partial charge is 0.343 e. The normalized spacial score (nSPS) is 11.4. The second kappa shape index (κ2) is 4.71. The predicted molar refractivity (Wildman–Crippen MR) is 85.6 cm³/mol. The molecule has 0 spiro atoms. The van der Waals surface area contributed by atoms with Crippen molar-refractivity contribution in [2.75, 3.05) is 0 Å². The van der Waals surface area contributed by atoms with E-state index in [0.717, 1.165) is 16.1 Å². The molecule has 0 bridgehead atoms. The lowest BCUT2D eigenvalue weighted by atomic mass is 10.1. The summed E-state index contributed by atoms with van der Waals surface area (Å²) in [6.07, 6.45) is 1.51. The Morgan fingerprint density at radius 1 is 1.09 bits per heavy atom. The van der Waals surface area contributed by atoms with Crippen LogP contribution in [0.3, 0.4) is 0 Å². The van der Waals surface area contributed by atoms with Crippen LogP contribution in [0.1, 0.15) is 0 Å². The summed E-state index contributed by atoms with van der Waals surface area (Å²) in [6, 6.07) is 9.80. The van der Waals surface area contributed by atoms with Gasteiger partial charge < -0.3 is 4.57 Å². The molecule has 4 rings (SSSR count). The van der Waals surface area contributed by atoms with Gasteiger partial charge in [0.15, 0.2) is 5.43 Å². The van der Waals surface area contributed by atoms with E-state index in [0.29, 0.717) is 16.3 Å². The summed E-state index contributed by atoms with van der Waals surface area (Å²) in [5.74, 6) is -0.408. The topological polar surface area (TPSA) is 47.8 Å². The number of halogens is 1. The van der Waals surface area contributed by atoms with E-state index in [-0.39, 0.29) is 5.43 Å². The molecule has 2 aromatic carbocycles. The van der Waals surface area contributed by atoms with Crippen LogP contribution in [-0.2, 0) is 7.05 Å². The number of pyridine rings is 1. The van der Waals surface area contributed by atoms with Crippen molar-refractivity contribution in [3.05, 3.63) is 58.8 Å². The van der Waals surface area contributed by atoms with Crippen LogP contribution in [0.5, 0.6) is 0 Å². The van der Waals surface area contributed by atoms with E-state index in [1.807, 2.05) is 23.7 Å². The SMILES string of the molecule is Cn1c2ccc(F)cc2c(=O)c2ccc(-c3ncns3)cc21. The zero-order chi connectivity index (χ0) is 15.3. The van der Waals surface area contributed by atoms with Gasteiger partial charge >= 0.3 is 0 Å². The van der Waals surface area contributed by atoms with Crippen LogP contribution in [0.25, 0.3) is 32.4 Å². The lowest BCUT2D eigenvalue weighted by molar-refractivity contribution is 0.629. The van der Waals surface area contributed by atoms with E-state index in [9.17, 15) is 9.18 Å². The molecule has 0 amide bonds. The van der Waals surface area contributed by atoms with Gasteiger partial charge in [0.1, 0.15) is 17.2 Å². The molecule has 0 N–H and O–H groups in total. The van der Waals surface area contributed by atoms with Gasteiger partial charge in [0.05, 0.1) is 11.0 Å². The predicted octanol–water partition coefficient (Wildman–Crippen LogP) is 3.35. The average molecular weight is 311 g/mol. The molecule has 0 saturated heterocycles. The van der Waals surface area contributed by atoms with E-state index in [1.54, 1.807) is 12.1 Å². The Morgan fingerprint density at radius 3 is 2.73 bits per heavy atom. The van der Waals surface area contributed by atoms with Gasteiger partial charge in [-0.05, 0) is 41.9 Å². The maximum atomic E-state index is 13.4. The first-order chi connectivity index (χ1) is 10.6. The van der Waals surface area contributed by atoms with Gasteiger partial charge in [0, 0.05) is 23.4 Å². The number of hydrogen-bond acceptors (Lipinski definition) is 4. The quantitative estimate of drug-likeness (QED) is 0.507. The number of hydrogen-bond donors (Lipinski definition) is 0. The second-order valence-corrected chi connectivity index (χ2v) is 5.81. The first-order valence-electron chi connectivity index (χ1n) is 6.64. The molecule has 2 heterocycles. The van der Waals surface area contributed by atoms with Crippen molar-refractivity contribution in [1.82, 2.24) is 13.9 Å². The summed E-state index contributed by atoms with van der Waals surface area (Å²) in [4.78, 5) is 16.8. The van der Waals surface area contributed by atoms with E-state index in [4.69, 9.17) is 0 Å². The van der Waals surface area contributed by atoms with Crippen molar-refractivity contribution in [2.45, 2.75) is 0 Å². The molecule has 2 aromatic heterocycles. The van der Waals surface area contributed by atoms with Crippen LogP contribution in [0, 0.1) is 5.82 Å². The number of rotatable bonds is 1. The Hall–Kier alpha value is -2.60. The molecule has 0 aliphatic heterocycles. The standard InChI is InChI=1S/C16H10FN3OS/c1-20-13-5-3-10(17)7-12(13)15(21)11-4-2-9(6-14(11)20)16-18-8-19-22-16/h2-8H,1H3. The van der Waals surface area contributed by atoms with Crippen LogP contribution >= 0.6 is 11.5 Å². The van der Waals surface area contributed by atoms with Gasteiger partial charge in [-0.3, -0.25) is 4.79 Å². The molecule has 0 fully saturated rings. The van der Waals surface area contributed by atoms with Gasteiger partial charge in [-0.15, -0.1) is 0 Å². The third kappa shape index (κ3) is 1.84. The van der Waals surface area contributed by atoms with Crippen LogP contribution in [0.15, 0.2) is 47.5 Å². The van der Waals surface area contributed by atoms with Gasteiger partial charge in [0.25, 0.3) is 0 Å². The zero-order valence-electron chi connectivity index (χ0n) is 11.6. The van der Waals surface area contributed by atoms with Crippen LogP contribution < -0.4 is 5.43 Å². The molecule has 4 nitrogen and oxygen atoms in total. The van der Waals surface area contributed by atoms with Gasteiger partial charge in [-0.2, -0.15) is 4.37 Å². The number of aryl methyl sites for hydroxylation is 1. The number of nitrogens with zero attached hydrogens (tertiary/aromatic N) is 3. The highest BCUT2D eigenvalue weighted by Crippen LogP contribution is 2.25. The summed E-state index contributed by atoms with van der Waals surface area (Å²) in [6.45, 7) is 0. The highest BCUT2D eigenvalue weighted by Gasteiger charge is 2.11. The Kier molecular flexibility index (Phi) is 2.80. The van der Waals surface area contributed by atoms with E-state index >= 15 is 0 Å². The minimum atomic E-state index is -0.408. The van der Waals surface area contributed by atoms with Crippen LogP contribution in [-0.4, -0.2) is 13.9 Å². The number of fused-ring (bicyclic) bond motifs is 2. The molecule has 6 heteroatoms. The van der Waals surface area contributed by atoms with Crippen LogP contribution in [0.4, 0.5) is 4.39 Å². The number of aromatic nitrogens is 3. The molecule has 22 heavy (non-hydrogen) atoms. The van der Waals surface area contributed by atoms with Crippen molar-refractivity contribution in [1.29, 1.82) is 0 Å². The minimum absolute atomic E-state index is 0.161. The maximum absolute atomic E-state index is 13.4. The van der Waals surface area contributed by atoms with E-state index in [2.05, 4.69) is 9.36 Å². The molecule has 0 atom stereocenters. The van der Waals surface area contributed by atoms with E-state index < -0.39 is 5.82 Å². The summed E-state index contributed by atoms with van der Waals surface area (Å²) >= 11 is 1.30. The first-order valence-corrected chi connectivity index (χ1v) is 7.41. The second-order valence-electron chi connectivity index (χ2n) is 5.03. The lowest BCUT2D eigenvalue weighted by Gasteiger charge is -2.11. The number of benzene rings is 2. The van der Waals surface area contributed by atoms with E-state index in [1.165, 1.54) is 30.0 Å². The summed E-state index contributed by atoms with van der Waals surface area (Å²) in [5.41, 5.74) is 2.24. The fourth-order valence-corrected chi connectivity index (χ4v) is 3.21. The highest BCUT2D eigenvalue weighted by molar-refractivity contribution is 7.09. The zero-order valence-corrected chi connectivity index (χ0v) is 12.4. The van der Waals surface area contributed by atoms with Gasteiger partial charge in [-0.25, -0.2) is 9.37 Å². The molecule has 0 unspecified atom stereocenters. The fraction of sp³-hybridized carbons (Fsp3) is 0.0625. The summed E-state index contributed by atoms with van der Waals surface area (Å²) in [7, 11) is 1.87. The van der Waals surface area contributed by atoms with Crippen molar-refractivity contribution in [2.24, 2.45) is 7.05 Å². The van der Waals surface area contributed by atoms with Crippen molar-refractivity contribution in [3.63, 3.8) is 0 Å². The molecule has 0 aliphatic rings. The maximum Gasteiger partial charge on any atom is 0.197 e. The summed E-state index contributed by atoms with van der Waals surface area (Å²) in [5, 5.41) is 1.75. The first kappa shape index (κ1) is 13.1. The van der Waals surface area contributed by atoms with Gasteiger partial charge in [0.2, 0.25) is 0 Å². The Labute approximate surface area is 128 Å². The molecule has 0 radical (unpaired) electrons. The molecule has 108 valence electrons. The Morgan fingerprint density at radius 2 is 1.95 bits per heavy atom. The third-order valence-corrected chi connectivity index (χ3v) is 4.49. The molecular weight excluding hydrogens is 301 g/mol. The Balaban J connectivity index is 2.13. The fourth-order valence-electron chi connectivity index (χ4n) is 2.69. The summed E-state index contributed by atoms with van der Waals surface area (Å²) < 4.78 is 19.3. The lowest BCUT2D eigenvalue weighted by Crippen LogP contribution is -2.09. The third-order valence-electron chi connectivity index (χ3n) is 3.78. The minimum Gasteiger partial charge on any atom is -0.343 e. The van der Waals surface area contributed by atoms with Crippen LogP contribution in [0.2, 0.25) is 0 Å². The monoisotopic (exact) mass is 311 g/mol. The average Bonchev–Trinajstić information content (AvgIpc) is 3.06. The molecular formula is C16H10FN3OS. The molecule has 4 aromatic rings. The molecule has 0 aliphatic carbocycles.